The Hall–Kier alpha value is -2.77. The number of carbonyl (C=O) groups is 1. The number of likely N-dealkylation sites (tertiary alicyclic amines) is 1. The molecular formula is C28H38N2O5. The lowest BCUT2D eigenvalue weighted by molar-refractivity contribution is -0.135. The monoisotopic (exact) mass is 482 g/mol. The first kappa shape index (κ1) is 25.3. The fraction of sp³-hybridized carbons (Fsp3) is 0.536. The lowest BCUT2D eigenvalue weighted by atomic mass is 9.66. The number of hydrogen-bond acceptors (Lipinski definition) is 6. The van der Waals surface area contributed by atoms with E-state index in [1.807, 2.05) is 44.2 Å². The minimum atomic E-state index is -0.733. The molecule has 0 radical (unpaired) electrons. The summed E-state index contributed by atoms with van der Waals surface area (Å²) in [6.45, 7) is 4.89. The van der Waals surface area contributed by atoms with Crippen molar-refractivity contribution in [1.82, 2.24) is 4.90 Å². The van der Waals surface area contributed by atoms with Crippen LogP contribution in [0.15, 0.2) is 30.3 Å². The highest BCUT2D eigenvalue weighted by molar-refractivity contribution is 5.93. The first-order chi connectivity index (χ1) is 16.8. The summed E-state index contributed by atoms with van der Waals surface area (Å²) < 4.78 is 16.8. The maximum atomic E-state index is 13.2. The number of nitrogens with zero attached hydrogens (tertiary/aromatic N) is 1. The van der Waals surface area contributed by atoms with Crippen LogP contribution in [0.5, 0.6) is 17.2 Å². The van der Waals surface area contributed by atoms with Crippen LogP contribution >= 0.6 is 0 Å². The Morgan fingerprint density at radius 2 is 1.77 bits per heavy atom. The predicted octanol–water partition coefficient (Wildman–Crippen LogP) is 4.64. The Balaban J connectivity index is 1.68. The number of rotatable bonds is 7. The molecule has 1 amide bonds. The van der Waals surface area contributed by atoms with Gasteiger partial charge in [-0.3, -0.25) is 9.69 Å². The zero-order chi connectivity index (χ0) is 25.2. The zero-order valence-corrected chi connectivity index (χ0v) is 21.5. The fourth-order valence-corrected chi connectivity index (χ4v) is 5.88. The summed E-state index contributed by atoms with van der Waals surface area (Å²) in [5, 5.41) is 14.7. The number of methoxy groups -OCH3 is 3. The summed E-state index contributed by atoms with van der Waals surface area (Å²) in [6, 6.07) is 9.84. The molecular weight excluding hydrogens is 444 g/mol. The molecule has 0 bridgehead atoms. The highest BCUT2D eigenvalue weighted by Crippen LogP contribution is 2.51. The molecule has 0 spiro atoms. The number of aliphatic hydroxyl groups is 1. The average Bonchev–Trinajstić information content (AvgIpc) is 2.85. The van der Waals surface area contributed by atoms with E-state index in [9.17, 15) is 9.90 Å². The molecule has 1 aliphatic heterocycles. The molecule has 1 heterocycles. The molecule has 4 rings (SSSR count). The van der Waals surface area contributed by atoms with Crippen LogP contribution in [0, 0.1) is 19.8 Å². The first-order valence-electron chi connectivity index (χ1n) is 12.4. The zero-order valence-electron chi connectivity index (χ0n) is 21.5. The summed E-state index contributed by atoms with van der Waals surface area (Å²) >= 11 is 0. The van der Waals surface area contributed by atoms with E-state index in [4.69, 9.17) is 14.2 Å². The van der Waals surface area contributed by atoms with Crippen molar-refractivity contribution < 1.29 is 24.1 Å². The van der Waals surface area contributed by atoms with Gasteiger partial charge in [0.15, 0.2) is 11.5 Å². The molecule has 2 aromatic rings. The number of amides is 1. The smallest absolute Gasteiger partial charge is 0.238 e. The maximum absolute atomic E-state index is 13.2. The van der Waals surface area contributed by atoms with Crippen LogP contribution in [0.2, 0.25) is 0 Å². The van der Waals surface area contributed by atoms with Crippen molar-refractivity contribution >= 4 is 11.6 Å². The lowest BCUT2D eigenvalue weighted by Gasteiger charge is -2.52. The predicted molar refractivity (Wildman–Crippen MR) is 136 cm³/mol. The van der Waals surface area contributed by atoms with Gasteiger partial charge in [-0.15, -0.1) is 0 Å². The van der Waals surface area contributed by atoms with Gasteiger partial charge in [-0.2, -0.15) is 0 Å². The number of aryl methyl sites for hydroxylation is 2. The topological polar surface area (TPSA) is 80.3 Å². The number of hydrogen-bond donors (Lipinski definition) is 2. The largest absolute Gasteiger partial charge is 0.493 e. The van der Waals surface area contributed by atoms with Crippen molar-refractivity contribution in [2.24, 2.45) is 5.92 Å². The van der Waals surface area contributed by atoms with Crippen molar-refractivity contribution in [2.75, 3.05) is 39.7 Å². The molecule has 2 fully saturated rings. The third-order valence-electron chi connectivity index (χ3n) is 7.71. The molecule has 2 aromatic carbocycles. The van der Waals surface area contributed by atoms with Crippen molar-refractivity contribution in [2.45, 2.75) is 57.6 Å². The van der Waals surface area contributed by atoms with Gasteiger partial charge in [0.25, 0.3) is 0 Å². The van der Waals surface area contributed by atoms with E-state index in [0.717, 1.165) is 48.1 Å². The molecule has 1 aliphatic carbocycles. The number of piperidine rings is 1. The van der Waals surface area contributed by atoms with Gasteiger partial charge in [-0.25, -0.2) is 0 Å². The van der Waals surface area contributed by atoms with Crippen molar-refractivity contribution in [3.8, 4) is 17.2 Å². The van der Waals surface area contributed by atoms with E-state index in [0.29, 0.717) is 30.2 Å². The second-order valence-electron chi connectivity index (χ2n) is 9.95. The Kier molecular flexibility index (Phi) is 7.57. The van der Waals surface area contributed by atoms with Crippen molar-refractivity contribution in [1.29, 1.82) is 0 Å². The van der Waals surface area contributed by atoms with Crippen LogP contribution in [0.3, 0.4) is 0 Å². The highest BCUT2D eigenvalue weighted by atomic mass is 16.5. The molecule has 35 heavy (non-hydrogen) atoms. The van der Waals surface area contributed by atoms with Crippen LogP contribution in [0.25, 0.3) is 0 Å². The molecule has 190 valence electrons. The van der Waals surface area contributed by atoms with Gasteiger partial charge in [0.05, 0.1) is 33.5 Å². The fourth-order valence-electron chi connectivity index (χ4n) is 5.88. The summed E-state index contributed by atoms with van der Waals surface area (Å²) in [5.41, 5.74) is 3.20. The second kappa shape index (κ2) is 10.5. The Bertz CT molecular complexity index is 1050. The van der Waals surface area contributed by atoms with Gasteiger partial charge < -0.3 is 24.6 Å². The lowest BCUT2D eigenvalue weighted by Crippen LogP contribution is -2.56. The van der Waals surface area contributed by atoms with Gasteiger partial charge in [0.2, 0.25) is 11.7 Å². The minimum Gasteiger partial charge on any atom is -0.493 e. The highest BCUT2D eigenvalue weighted by Gasteiger charge is 2.49. The van der Waals surface area contributed by atoms with E-state index in [-0.39, 0.29) is 24.4 Å². The van der Waals surface area contributed by atoms with Crippen molar-refractivity contribution in [3.63, 3.8) is 0 Å². The molecule has 1 saturated heterocycles. The number of benzene rings is 2. The first-order valence-corrected chi connectivity index (χ1v) is 12.4. The molecule has 7 nitrogen and oxygen atoms in total. The summed E-state index contributed by atoms with van der Waals surface area (Å²) in [7, 11) is 4.80. The van der Waals surface area contributed by atoms with Crippen LogP contribution in [-0.2, 0) is 4.79 Å². The van der Waals surface area contributed by atoms with E-state index < -0.39 is 5.60 Å². The van der Waals surface area contributed by atoms with E-state index in [1.54, 1.807) is 21.3 Å². The number of ether oxygens (including phenoxy) is 3. The van der Waals surface area contributed by atoms with Crippen LogP contribution in [0.1, 0.15) is 54.8 Å². The Labute approximate surface area is 208 Å². The van der Waals surface area contributed by atoms with E-state index >= 15 is 0 Å². The van der Waals surface area contributed by atoms with Gasteiger partial charge in [-0.05, 0) is 68.0 Å². The normalized spacial score (nSPS) is 24.4. The number of carbonyl (C=O) groups excluding carboxylic acids is 1. The van der Waals surface area contributed by atoms with Crippen LogP contribution < -0.4 is 19.5 Å². The minimum absolute atomic E-state index is 0.0151. The molecule has 2 N–H and O–H groups in total. The SMILES string of the molecule is COc1cc([C@@H]2[C@H]3CCCC[C@@]3(O)CCN2CC(=O)Nc2cc(C)ccc2C)cc(OC)c1OC. The molecule has 7 heteroatoms. The Morgan fingerprint density at radius 3 is 2.43 bits per heavy atom. The number of fused-ring (bicyclic) bond motifs is 1. The molecule has 2 aliphatic rings. The van der Waals surface area contributed by atoms with Gasteiger partial charge >= 0.3 is 0 Å². The number of nitrogens with one attached hydrogen (secondary N) is 1. The Morgan fingerprint density at radius 1 is 1.06 bits per heavy atom. The second-order valence-corrected chi connectivity index (χ2v) is 9.95. The van der Waals surface area contributed by atoms with Crippen LogP contribution in [-0.4, -0.2) is 55.9 Å². The third kappa shape index (κ3) is 5.11. The third-order valence-corrected chi connectivity index (χ3v) is 7.71. The van der Waals surface area contributed by atoms with Gasteiger partial charge in [-0.1, -0.05) is 25.0 Å². The van der Waals surface area contributed by atoms with E-state index in [2.05, 4.69) is 10.2 Å². The maximum Gasteiger partial charge on any atom is 0.238 e. The quantitative estimate of drug-likeness (QED) is 0.599. The molecule has 0 unspecified atom stereocenters. The van der Waals surface area contributed by atoms with Crippen molar-refractivity contribution in [3.05, 3.63) is 47.0 Å². The molecule has 1 saturated carbocycles. The standard InChI is InChI=1S/C28H38N2O5/c1-18-9-10-19(2)22(14-18)29-25(31)17-30-13-12-28(32)11-7-6-8-21(28)26(30)20-15-23(33-3)27(35-5)24(16-20)34-4/h9-10,14-16,21,26,32H,6-8,11-13,17H2,1-5H3,(H,29,31)/t21-,26-,28-/m1/s1. The van der Waals surface area contributed by atoms with Gasteiger partial charge in [0.1, 0.15) is 0 Å². The van der Waals surface area contributed by atoms with E-state index in [1.165, 1.54) is 0 Å². The van der Waals surface area contributed by atoms with Gasteiger partial charge in [0, 0.05) is 24.2 Å². The summed E-state index contributed by atoms with van der Waals surface area (Å²) in [5.74, 6) is 1.64. The number of anilines is 1. The average molecular weight is 483 g/mol. The summed E-state index contributed by atoms with van der Waals surface area (Å²) in [6.07, 6.45) is 4.46. The molecule has 3 atom stereocenters. The van der Waals surface area contributed by atoms with Crippen LogP contribution in [0.4, 0.5) is 5.69 Å². The summed E-state index contributed by atoms with van der Waals surface area (Å²) in [4.78, 5) is 15.4. The molecule has 0 aromatic heterocycles.